The molecule has 0 heterocycles. The highest BCUT2D eigenvalue weighted by atomic mass is 16.2. The van der Waals surface area contributed by atoms with Gasteiger partial charge in [0.2, 0.25) is 5.91 Å². The SMILES string of the molecule is Cc1ccc(NC(=O)C(C)(C)Nc2ccc(C)cc2)cc1. The summed E-state index contributed by atoms with van der Waals surface area (Å²) < 4.78 is 0. The van der Waals surface area contributed by atoms with Crippen LogP contribution in [-0.2, 0) is 4.79 Å². The van der Waals surface area contributed by atoms with E-state index in [0.29, 0.717) is 0 Å². The summed E-state index contributed by atoms with van der Waals surface area (Å²) in [6.07, 6.45) is 0. The second kappa shape index (κ2) is 6.00. The predicted octanol–water partition coefficient (Wildman–Crippen LogP) is 4.13. The number of hydrogen-bond acceptors (Lipinski definition) is 2. The van der Waals surface area contributed by atoms with E-state index in [4.69, 9.17) is 0 Å². The van der Waals surface area contributed by atoms with Gasteiger partial charge in [0.25, 0.3) is 0 Å². The van der Waals surface area contributed by atoms with Crippen LogP contribution in [0.15, 0.2) is 48.5 Å². The number of nitrogens with one attached hydrogen (secondary N) is 2. The average molecular weight is 282 g/mol. The number of anilines is 2. The van der Waals surface area contributed by atoms with E-state index in [-0.39, 0.29) is 5.91 Å². The maximum atomic E-state index is 12.4. The third kappa shape index (κ3) is 4.09. The van der Waals surface area contributed by atoms with E-state index >= 15 is 0 Å². The third-order valence-electron chi connectivity index (χ3n) is 3.39. The fourth-order valence-electron chi connectivity index (χ4n) is 1.98. The molecule has 1 amide bonds. The third-order valence-corrected chi connectivity index (χ3v) is 3.39. The lowest BCUT2D eigenvalue weighted by Gasteiger charge is -2.26. The molecule has 0 saturated heterocycles. The van der Waals surface area contributed by atoms with Crippen molar-refractivity contribution in [3.63, 3.8) is 0 Å². The molecule has 2 aromatic rings. The Morgan fingerprint density at radius 2 is 1.24 bits per heavy atom. The van der Waals surface area contributed by atoms with Crippen LogP contribution in [0.3, 0.4) is 0 Å². The van der Waals surface area contributed by atoms with Gasteiger partial charge in [-0.3, -0.25) is 4.79 Å². The van der Waals surface area contributed by atoms with Crippen molar-refractivity contribution >= 4 is 17.3 Å². The van der Waals surface area contributed by atoms with Crippen LogP contribution in [0.1, 0.15) is 25.0 Å². The second-order valence-corrected chi connectivity index (χ2v) is 5.94. The number of rotatable bonds is 4. The number of carbonyl (C=O) groups is 1. The van der Waals surface area contributed by atoms with Crippen LogP contribution < -0.4 is 10.6 Å². The first-order chi connectivity index (χ1) is 9.87. The molecule has 0 aliphatic carbocycles. The lowest BCUT2D eigenvalue weighted by molar-refractivity contribution is -0.119. The molecule has 0 atom stereocenters. The molecule has 0 spiro atoms. The molecular formula is C18H22N2O. The van der Waals surface area contributed by atoms with Crippen molar-refractivity contribution in [3.8, 4) is 0 Å². The van der Waals surface area contributed by atoms with Crippen LogP contribution >= 0.6 is 0 Å². The van der Waals surface area contributed by atoms with Crippen LogP contribution in [0, 0.1) is 13.8 Å². The predicted molar refractivity (Wildman–Crippen MR) is 88.7 cm³/mol. The minimum absolute atomic E-state index is 0.0630. The van der Waals surface area contributed by atoms with E-state index in [1.54, 1.807) is 0 Å². The van der Waals surface area contributed by atoms with Crippen molar-refractivity contribution in [3.05, 3.63) is 59.7 Å². The number of benzene rings is 2. The Kier molecular flexibility index (Phi) is 4.32. The van der Waals surface area contributed by atoms with Gasteiger partial charge >= 0.3 is 0 Å². The van der Waals surface area contributed by atoms with E-state index in [1.165, 1.54) is 11.1 Å². The molecule has 3 heteroatoms. The van der Waals surface area contributed by atoms with Crippen LogP contribution in [-0.4, -0.2) is 11.4 Å². The Hall–Kier alpha value is -2.29. The van der Waals surface area contributed by atoms with Gasteiger partial charge in [-0.25, -0.2) is 0 Å². The van der Waals surface area contributed by atoms with Crippen molar-refractivity contribution in [2.75, 3.05) is 10.6 Å². The molecule has 2 aromatic carbocycles. The van der Waals surface area contributed by atoms with Crippen molar-refractivity contribution in [2.24, 2.45) is 0 Å². The lowest BCUT2D eigenvalue weighted by Crippen LogP contribution is -2.44. The van der Waals surface area contributed by atoms with Crippen molar-refractivity contribution in [1.29, 1.82) is 0 Å². The Morgan fingerprint density at radius 3 is 1.71 bits per heavy atom. The lowest BCUT2D eigenvalue weighted by atomic mass is 10.0. The zero-order valence-corrected chi connectivity index (χ0v) is 13.0. The van der Waals surface area contributed by atoms with E-state index < -0.39 is 5.54 Å². The summed E-state index contributed by atoms with van der Waals surface area (Å²) in [4.78, 5) is 12.4. The van der Waals surface area contributed by atoms with E-state index in [9.17, 15) is 4.79 Å². The molecule has 0 radical (unpaired) electrons. The Bertz CT molecular complexity index is 613. The quantitative estimate of drug-likeness (QED) is 0.885. The molecule has 0 aromatic heterocycles. The van der Waals surface area contributed by atoms with Crippen LogP contribution in [0.2, 0.25) is 0 Å². The maximum Gasteiger partial charge on any atom is 0.249 e. The molecule has 3 nitrogen and oxygen atoms in total. The number of amides is 1. The fourth-order valence-corrected chi connectivity index (χ4v) is 1.98. The molecule has 0 fully saturated rings. The summed E-state index contributed by atoms with van der Waals surface area (Å²) in [5.74, 6) is -0.0630. The Morgan fingerprint density at radius 1 is 0.810 bits per heavy atom. The second-order valence-electron chi connectivity index (χ2n) is 5.94. The van der Waals surface area contributed by atoms with Crippen LogP contribution in [0.4, 0.5) is 11.4 Å². The molecule has 110 valence electrons. The standard InChI is InChI=1S/C18H22N2O/c1-13-5-9-15(10-6-13)19-17(21)18(3,4)20-16-11-7-14(2)8-12-16/h5-12,20H,1-4H3,(H,19,21). The van der Waals surface area contributed by atoms with E-state index in [1.807, 2.05) is 76.2 Å². The molecule has 0 saturated carbocycles. The molecule has 2 N–H and O–H groups in total. The summed E-state index contributed by atoms with van der Waals surface area (Å²) in [6.45, 7) is 7.81. The zero-order valence-electron chi connectivity index (χ0n) is 13.0. The number of carbonyl (C=O) groups excluding carboxylic acids is 1. The highest BCUT2D eigenvalue weighted by Crippen LogP contribution is 2.18. The Balaban J connectivity index is 2.05. The first-order valence-electron chi connectivity index (χ1n) is 7.10. The van der Waals surface area contributed by atoms with Gasteiger partial charge in [-0.05, 0) is 52.0 Å². The zero-order chi connectivity index (χ0) is 15.5. The van der Waals surface area contributed by atoms with Crippen LogP contribution in [0.5, 0.6) is 0 Å². The fraction of sp³-hybridized carbons (Fsp3) is 0.278. The summed E-state index contributed by atoms with van der Waals surface area (Å²) >= 11 is 0. The van der Waals surface area contributed by atoms with Crippen molar-refractivity contribution in [1.82, 2.24) is 0 Å². The number of aryl methyl sites for hydroxylation is 2. The maximum absolute atomic E-state index is 12.4. The van der Waals surface area contributed by atoms with E-state index in [0.717, 1.165) is 11.4 Å². The highest BCUT2D eigenvalue weighted by Gasteiger charge is 2.27. The molecule has 0 unspecified atom stereocenters. The van der Waals surface area contributed by atoms with Gasteiger partial charge in [-0.15, -0.1) is 0 Å². The van der Waals surface area contributed by atoms with Crippen molar-refractivity contribution < 1.29 is 4.79 Å². The van der Waals surface area contributed by atoms with Gasteiger partial charge in [-0.2, -0.15) is 0 Å². The first kappa shape index (κ1) is 15.1. The first-order valence-corrected chi connectivity index (χ1v) is 7.10. The summed E-state index contributed by atoms with van der Waals surface area (Å²) in [6, 6.07) is 15.8. The van der Waals surface area contributed by atoms with Gasteiger partial charge in [0.1, 0.15) is 5.54 Å². The number of hydrogen-bond donors (Lipinski definition) is 2. The van der Waals surface area contributed by atoms with Crippen LogP contribution in [0.25, 0.3) is 0 Å². The minimum Gasteiger partial charge on any atom is -0.372 e. The average Bonchev–Trinajstić information content (AvgIpc) is 2.43. The minimum atomic E-state index is -0.694. The Labute approximate surface area is 126 Å². The molecule has 0 aliphatic heterocycles. The molecule has 0 bridgehead atoms. The molecular weight excluding hydrogens is 260 g/mol. The highest BCUT2D eigenvalue weighted by molar-refractivity contribution is 5.99. The van der Waals surface area contributed by atoms with Gasteiger partial charge in [0, 0.05) is 11.4 Å². The molecule has 0 aliphatic rings. The normalized spacial score (nSPS) is 11.0. The summed E-state index contributed by atoms with van der Waals surface area (Å²) in [5.41, 5.74) is 3.42. The largest absolute Gasteiger partial charge is 0.372 e. The molecule has 2 rings (SSSR count). The smallest absolute Gasteiger partial charge is 0.249 e. The summed E-state index contributed by atoms with van der Waals surface area (Å²) in [7, 11) is 0. The van der Waals surface area contributed by atoms with Crippen molar-refractivity contribution in [2.45, 2.75) is 33.2 Å². The monoisotopic (exact) mass is 282 g/mol. The topological polar surface area (TPSA) is 41.1 Å². The van der Waals surface area contributed by atoms with Gasteiger partial charge in [0.15, 0.2) is 0 Å². The van der Waals surface area contributed by atoms with Gasteiger partial charge < -0.3 is 10.6 Å². The summed E-state index contributed by atoms with van der Waals surface area (Å²) in [5, 5.41) is 6.20. The van der Waals surface area contributed by atoms with E-state index in [2.05, 4.69) is 10.6 Å². The molecule has 21 heavy (non-hydrogen) atoms. The van der Waals surface area contributed by atoms with Gasteiger partial charge in [0.05, 0.1) is 0 Å². The van der Waals surface area contributed by atoms with Gasteiger partial charge in [-0.1, -0.05) is 35.4 Å².